The number of pyridine rings is 1. The molecule has 1 aliphatic carbocycles. The Labute approximate surface area is 179 Å². The number of thiazole rings is 1. The van der Waals surface area contributed by atoms with Crippen molar-refractivity contribution >= 4 is 28.3 Å². The van der Waals surface area contributed by atoms with E-state index >= 15 is 0 Å². The molecular formula is C23H23N5OS. The van der Waals surface area contributed by atoms with E-state index in [2.05, 4.69) is 22.3 Å². The summed E-state index contributed by atoms with van der Waals surface area (Å²) < 4.78 is 1.91. The largest absolute Gasteiger partial charge is 0.346 e. The van der Waals surface area contributed by atoms with E-state index in [4.69, 9.17) is 4.98 Å². The molecule has 3 heterocycles. The molecule has 0 spiro atoms. The molecule has 1 amide bonds. The van der Waals surface area contributed by atoms with Gasteiger partial charge in [0, 0.05) is 29.1 Å². The summed E-state index contributed by atoms with van der Waals surface area (Å²) in [6.07, 6.45) is 5.02. The Bertz CT molecular complexity index is 1190. The molecule has 0 radical (unpaired) electrons. The number of nitrogens with zero attached hydrogens (tertiary/aromatic N) is 4. The summed E-state index contributed by atoms with van der Waals surface area (Å²) in [6.45, 7) is 3.31. The third-order valence-corrected chi connectivity index (χ3v) is 6.25. The van der Waals surface area contributed by atoms with Crippen molar-refractivity contribution in [2.24, 2.45) is 0 Å². The number of carbonyl (C=O) groups excluding carboxylic acids is 1. The number of rotatable bonds is 7. The highest BCUT2D eigenvalue weighted by molar-refractivity contribution is 7.13. The van der Waals surface area contributed by atoms with Crippen LogP contribution in [0.25, 0.3) is 21.6 Å². The van der Waals surface area contributed by atoms with Crippen LogP contribution in [0.3, 0.4) is 0 Å². The third kappa shape index (κ3) is 3.73. The van der Waals surface area contributed by atoms with Crippen molar-refractivity contribution in [2.75, 3.05) is 0 Å². The molecule has 5 rings (SSSR count). The fourth-order valence-corrected chi connectivity index (χ4v) is 4.41. The van der Waals surface area contributed by atoms with E-state index in [0.29, 0.717) is 18.0 Å². The topological polar surface area (TPSA) is 72.7 Å². The van der Waals surface area contributed by atoms with Gasteiger partial charge >= 0.3 is 0 Å². The predicted molar refractivity (Wildman–Crippen MR) is 119 cm³/mol. The Hall–Kier alpha value is -3.06. The lowest BCUT2D eigenvalue weighted by Gasteiger charge is -2.08. The van der Waals surface area contributed by atoms with E-state index in [9.17, 15) is 4.79 Å². The fourth-order valence-electron chi connectivity index (χ4n) is 3.59. The van der Waals surface area contributed by atoms with Crippen LogP contribution < -0.4 is 5.32 Å². The van der Waals surface area contributed by atoms with Gasteiger partial charge in [-0.05, 0) is 25.3 Å². The number of hydrogen-bond acceptors (Lipinski definition) is 5. The van der Waals surface area contributed by atoms with Crippen LogP contribution in [0.1, 0.15) is 53.8 Å². The van der Waals surface area contributed by atoms with E-state index in [1.165, 1.54) is 0 Å². The van der Waals surface area contributed by atoms with Crippen molar-refractivity contribution in [1.29, 1.82) is 0 Å². The Morgan fingerprint density at radius 1 is 1.23 bits per heavy atom. The normalized spacial score (nSPS) is 13.6. The van der Waals surface area contributed by atoms with Crippen LogP contribution in [-0.2, 0) is 13.1 Å². The molecule has 4 aromatic rings. The zero-order valence-electron chi connectivity index (χ0n) is 16.8. The average molecular weight is 418 g/mol. The van der Waals surface area contributed by atoms with Crippen molar-refractivity contribution in [3.63, 3.8) is 0 Å². The smallest absolute Gasteiger partial charge is 0.252 e. The molecular weight excluding hydrogens is 394 g/mol. The van der Waals surface area contributed by atoms with Gasteiger partial charge in [-0.25, -0.2) is 14.6 Å². The van der Waals surface area contributed by atoms with Gasteiger partial charge in [0.2, 0.25) is 0 Å². The van der Waals surface area contributed by atoms with Gasteiger partial charge in [-0.2, -0.15) is 5.10 Å². The maximum absolute atomic E-state index is 13.1. The molecule has 6 nitrogen and oxygen atoms in total. The molecule has 3 aromatic heterocycles. The van der Waals surface area contributed by atoms with Crippen LogP contribution in [0, 0.1) is 0 Å². The number of fused-ring (bicyclic) bond motifs is 1. The first kappa shape index (κ1) is 18.9. The highest BCUT2D eigenvalue weighted by Gasteiger charge is 2.28. The quantitative estimate of drug-likeness (QED) is 0.470. The molecule has 0 aliphatic heterocycles. The molecule has 0 saturated heterocycles. The lowest BCUT2D eigenvalue weighted by Crippen LogP contribution is -2.23. The fraction of sp³-hybridized carbons (Fsp3) is 0.304. The summed E-state index contributed by atoms with van der Waals surface area (Å²) >= 11 is 1.59. The van der Waals surface area contributed by atoms with E-state index in [0.717, 1.165) is 58.8 Å². The molecule has 0 atom stereocenters. The first-order chi connectivity index (χ1) is 14.7. The standard InChI is InChI=1S/C23H23N5OS/c1-2-10-28-21-19(13-25-28)18(11-20(27-21)15-8-9-15)22(29)24-12-17-14-30-23(26-17)16-6-4-3-5-7-16/h3-7,11,13-15H,2,8-10,12H2,1H3,(H,24,29). The predicted octanol–water partition coefficient (Wildman–Crippen LogP) is 4.77. The van der Waals surface area contributed by atoms with Gasteiger partial charge in [0.1, 0.15) is 5.01 Å². The van der Waals surface area contributed by atoms with E-state index in [-0.39, 0.29) is 5.91 Å². The highest BCUT2D eigenvalue weighted by atomic mass is 32.1. The van der Waals surface area contributed by atoms with Crippen molar-refractivity contribution in [2.45, 2.75) is 45.2 Å². The first-order valence-corrected chi connectivity index (χ1v) is 11.3. The molecule has 1 saturated carbocycles. The van der Waals surface area contributed by atoms with Crippen LogP contribution in [0.4, 0.5) is 0 Å². The second-order valence-electron chi connectivity index (χ2n) is 7.67. The lowest BCUT2D eigenvalue weighted by molar-refractivity contribution is 0.0952. The summed E-state index contributed by atoms with van der Waals surface area (Å²) in [4.78, 5) is 22.6. The number of aromatic nitrogens is 4. The Morgan fingerprint density at radius 2 is 2.07 bits per heavy atom. The molecule has 30 heavy (non-hydrogen) atoms. The summed E-state index contributed by atoms with van der Waals surface area (Å²) in [6, 6.07) is 12.0. The van der Waals surface area contributed by atoms with Crippen molar-refractivity contribution in [1.82, 2.24) is 25.1 Å². The van der Waals surface area contributed by atoms with E-state index in [1.54, 1.807) is 17.5 Å². The van der Waals surface area contributed by atoms with Gasteiger partial charge in [0.25, 0.3) is 5.91 Å². The number of aryl methyl sites for hydroxylation is 1. The van der Waals surface area contributed by atoms with Crippen molar-refractivity contribution in [3.05, 3.63) is 64.9 Å². The molecule has 1 N–H and O–H groups in total. The average Bonchev–Trinajstić information content (AvgIpc) is 3.39. The van der Waals surface area contributed by atoms with Crippen LogP contribution in [0.2, 0.25) is 0 Å². The summed E-state index contributed by atoms with van der Waals surface area (Å²) in [5, 5.41) is 11.3. The summed E-state index contributed by atoms with van der Waals surface area (Å²) in [5.41, 5.74) is 4.43. The second-order valence-corrected chi connectivity index (χ2v) is 8.52. The van der Waals surface area contributed by atoms with Crippen LogP contribution >= 0.6 is 11.3 Å². The van der Waals surface area contributed by atoms with Crippen molar-refractivity contribution < 1.29 is 4.79 Å². The molecule has 1 fully saturated rings. The second kappa shape index (κ2) is 7.99. The highest BCUT2D eigenvalue weighted by Crippen LogP contribution is 2.40. The molecule has 0 unspecified atom stereocenters. The zero-order valence-corrected chi connectivity index (χ0v) is 17.7. The summed E-state index contributed by atoms with van der Waals surface area (Å²) in [7, 11) is 0. The molecule has 0 bridgehead atoms. The van der Waals surface area contributed by atoms with Crippen LogP contribution in [0.15, 0.2) is 48.0 Å². The third-order valence-electron chi connectivity index (χ3n) is 5.31. The maximum atomic E-state index is 13.1. The van der Waals surface area contributed by atoms with Gasteiger partial charge in [-0.1, -0.05) is 37.3 Å². The van der Waals surface area contributed by atoms with Crippen LogP contribution in [-0.4, -0.2) is 25.7 Å². The molecule has 7 heteroatoms. The number of benzene rings is 1. The van der Waals surface area contributed by atoms with Gasteiger partial charge in [-0.15, -0.1) is 11.3 Å². The first-order valence-electron chi connectivity index (χ1n) is 10.4. The number of carbonyl (C=O) groups is 1. The van der Waals surface area contributed by atoms with Gasteiger partial charge in [0.15, 0.2) is 5.65 Å². The Morgan fingerprint density at radius 3 is 2.83 bits per heavy atom. The molecule has 152 valence electrons. The van der Waals surface area contributed by atoms with Gasteiger partial charge < -0.3 is 5.32 Å². The van der Waals surface area contributed by atoms with E-state index < -0.39 is 0 Å². The number of hydrogen-bond donors (Lipinski definition) is 1. The Kier molecular flexibility index (Phi) is 5.04. The van der Waals surface area contributed by atoms with Gasteiger partial charge in [-0.3, -0.25) is 4.79 Å². The van der Waals surface area contributed by atoms with Crippen LogP contribution in [0.5, 0.6) is 0 Å². The summed E-state index contributed by atoms with van der Waals surface area (Å²) in [5.74, 6) is 0.368. The minimum atomic E-state index is -0.102. The van der Waals surface area contributed by atoms with Gasteiger partial charge in [0.05, 0.1) is 29.4 Å². The SMILES string of the molecule is CCCn1ncc2c(C(=O)NCc3csc(-c4ccccc4)n3)cc(C3CC3)nc21. The monoisotopic (exact) mass is 417 g/mol. The minimum Gasteiger partial charge on any atom is -0.346 e. The lowest BCUT2D eigenvalue weighted by atomic mass is 10.1. The molecule has 1 aromatic carbocycles. The zero-order chi connectivity index (χ0) is 20.5. The van der Waals surface area contributed by atoms with Crippen molar-refractivity contribution in [3.8, 4) is 10.6 Å². The molecule has 1 aliphatic rings. The maximum Gasteiger partial charge on any atom is 0.252 e. The Balaban J connectivity index is 1.38. The number of nitrogens with one attached hydrogen (secondary N) is 1. The van der Waals surface area contributed by atoms with E-state index in [1.807, 2.05) is 46.5 Å². The number of amides is 1. The minimum absolute atomic E-state index is 0.102.